The lowest BCUT2D eigenvalue weighted by Gasteiger charge is -2.21. The predicted octanol–water partition coefficient (Wildman–Crippen LogP) is 7.15. The predicted molar refractivity (Wildman–Crippen MR) is 129 cm³/mol. The minimum atomic E-state index is -4.47. The SMILES string of the molecule is CCOC(=O)Cc1ccc(Cl)c(Oc2ccc(NC(=O)C(C)(C)C)cc2C(S)CC(F)(F)F)c1. The first-order valence-electron chi connectivity index (χ1n) is 10.5. The molecule has 0 aromatic heterocycles. The van der Waals surface area contributed by atoms with Crippen LogP contribution in [0.3, 0.4) is 0 Å². The number of ether oxygens (including phenoxy) is 2. The first-order chi connectivity index (χ1) is 15.7. The normalized spacial score (nSPS) is 12.7. The Kier molecular flexibility index (Phi) is 9.30. The van der Waals surface area contributed by atoms with E-state index in [1.54, 1.807) is 33.8 Å². The quantitative estimate of drug-likeness (QED) is 0.288. The average molecular weight is 518 g/mol. The number of amides is 1. The van der Waals surface area contributed by atoms with Crippen LogP contribution in [0.1, 0.15) is 50.5 Å². The molecule has 0 radical (unpaired) electrons. The van der Waals surface area contributed by atoms with E-state index >= 15 is 0 Å². The zero-order valence-electron chi connectivity index (χ0n) is 19.3. The van der Waals surface area contributed by atoms with E-state index < -0.39 is 29.2 Å². The van der Waals surface area contributed by atoms with Crippen molar-refractivity contribution in [2.24, 2.45) is 5.41 Å². The molecule has 0 saturated carbocycles. The lowest BCUT2D eigenvalue weighted by Crippen LogP contribution is -2.27. The van der Waals surface area contributed by atoms with E-state index in [9.17, 15) is 22.8 Å². The molecule has 0 spiro atoms. The van der Waals surface area contributed by atoms with Crippen molar-refractivity contribution in [3.05, 3.63) is 52.5 Å². The van der Waals surface area contributed by atoms with Crippen molar-refractivity contribution in [3.8, 4) is 11.5 Å². The molecule has 1 atom stereocenters. The van der Waals surface area contributed by atoms with Crippen molar-refractivity contribution in [3.63, 3.8) is 0 Å². The zero-order chi connectivity index (χ0) is 25.7. The van der Waals surface area contributed by atoms with Crippen molar-refractivity contribution in [2.75, 3.05) is 11.9 Å². The molecular weight excluding hydrogens is 491 g/mol. The third-order valence-electron chi connectivity index (χ3n) is 4.60. The number of carbonyl (C=O) groups is 2. The number of anilines is 1. The van der Waals surface area contributed by atoms with Crippen LogP contribution in [-0.2, 0) is 20.7 Å². The van der Waals surface area contributed by atoms with Gasteiger partial charge in [-0.15, -0.1) is 0 Å². The highest BCUT2D eigenvalue weighted by molar-refractivity contribution is 7.80. The second kappa shape index (κ2) is 11.4. The van der Waals surface area contributed by atoms with Crippen molar-refractivity contribution in [1.29, 1.82) is 0 Å². The van der Waals surface area contributed by atoms with Crippen molar-refractivity contribution >= 4 is 41.8 Å². The Hall–Kier alpha value is -2.39. The summed E-state index contributed by atoms with van der Waals surface area (Å²) in [5, 5.41) is 1.64. The second-order valence-corrected chi connectivity index (χ2v) is 9.67. The molecule has 0 fully saturated rings. The van der Waals surface area contributed by atoms with Crippen molar-refractivity contribution < 1.29 is 32.2 Å². The van der Waals surface area contributed by atoms with Crippen LogP contribution in [0.25, 0.3) is 0 Å². The summed E-state index contributed by atoms with van der Waals surface area (Å²) >= 11 is 10.4. The van der Waals surface area contributed by atoms with Gasteiger partial charge in [-0.05, 0) is 42.8 Å². The average Bonchev–Trinajstić information content (AvgIpc) is 2.69. The van der Waals surface area contributed by atoms with Crippen LogP contribution in [0.4, 0.5) is 18.9 Å². The van der Waals surface area contributed by atoms with Gasteiger partial charge in [0.25, 0.3) is 0 Å². The molecule has 0 aliphatic rings. The van der Waals surface area contributed by atoms with E-state index in [0.29, 0.717) is 11.3 Å². The van der Waals surface area contributed by atoms with Gasteiger partial charge in [0.1, 0.15) is 11.5 Å². The maximum absolute atomic E-state index is 13.1. The first kappa shape index (κ1) is 27.9. The molecule has 5 nitrogen and oxygen atoms in total. The van der Waals surface area contributed by atoms with Gasteiger partial charge in [-0.25, -0.2) is 0 Å². The molecule has 1 amide bonds. The fourth-order valence-electron chi connectivity index (χ4n) is 2.86. The van der Waals surface area contributed by atoms with E-state index in [-0.39, 0.29) is 41.0 Å². The van der Waals surface area contributed by atoms with Gasteiger partial charge in [-0.2, -0.15) is 25.8 Å². The molecule has 2 rings (SSSR count). The summed E-state index contributed by atoms with van der Waals surface area (Å²) in [5.41, 5.74) is 0.297. The molecule has 10 heteroatoms. The molecule has 34 heavy (non-hydrogen) atoms. The largest absolute Gasteiger partial charge is 0.466 e. The van der Waals surface area contributed by atoms with Crippen LogP contribution in [0.2, 0.25) is 5.02 Å². The van der Waals surface area contributed by atoms with Crippen LogP contribution in [-0.4, -0.2) is 24.7 Å². The maximum atomic E-state index is 13.1. The summed E-state index contributed by atoms with van der Waals surface area (Å²) in [7, 11) is 0. The summed E-state index contributed by atoms with van der Waals surface area (Å²) in [6.07, 6.45) is -5.69. The van der Waals surface area contributed by atoms with Gasteiger partial charge in [0.05, 0.1) is 24.5 Å². The summed E-state index contributed by atoms with van der Waals surface area (Å²) in [6, 6.07) is 9.04. The van der Waals surface area contributed by atoms with Crippen LogP contribution in [0.15, 0.2) is 36.4 Å². The fourth-order valence-corrected chi connectivity index (χ4v) is 3.43. The Morgan fingerprint density at radius 2 is 1.76 bits per heavy atom. The standard InChI is InChI=1S/C24H27ClF3NO4S/c1-5-32-21(30)11-14-6-8-17(25)19(10-14)33-18-9-7-15(29-22(31)23(2,3)4)12-16(18)20(34)13-24(26,27)28/h6-10,12,20,34H,5,11,13H2,1-4H3,(H,29,31). The zero-order valence-corrected chi connectivity index (χ0v) is 20.9. The molecule has 0 bridgehead atoms. The highest BCUT2D eigenvalue weighted by Gasteiger charge is 2.33. The van der Waals surface area contributed by atoms with Gasteiger partial charge < -0.3 is 14.8 Å². The van der Waals surface area contributed by atoms with Gasteiger partial charge >= 0.3 is 12.1 Å². The number of benzene rings is 2. The topological polar surface area (TPSA) is 64.6 Å². The Labute approximate surface area is 207 Å². The summed E-state index contributed by atoms with van der Waals surface area (Å²) in [4.78, 5) is 24.1. The molecule has 0 saturated heterocycles. The maximum Gasteiger partial charge on any atom is 0.390 e. The van der Waals surface area contributed by atoms with Crippen LogP contribution < -0.4 is 10.1 Å². The minimum absolute atomic E-state index is 0.0186. The smallest absolute Gasteiger partial charge is 0.390 e. The van der Waals surface area contributed by atoms with Crippen molar-refractivity contribution in [2.45, 2.75) is 52.0 Å². The lowest BCUT2D eigenvalue weighted by molar-refractivity contribution is -0.142. The third kappa shape index (κ3) is 8.43. The molecule has 186 valence electrons. The Balaban J connectivity index is 2.41. The summed E-state index contributed by atoms with van der Waals surface area (Å²) in [5.74, 6) is -0.485. The monoisotopic (exact) mass is 517 g/mol. The van der Waals surface area contributed by atoms with E-state index in [4.69, 9.17) is 21.1 Å². The fraction of sp³-hybridized carbons (Fsp3) is 0.417. The first-order valence-corrected chi connectivity index (χ1v) is 11.4. The highest BCUT2D eigenvalue weighted by atomic mass is 35.5. The minimum Gasteiger partial charge on any atom is -0.466 e. The highest BCUT2D eigenvalue weighted by Crippen LogP contribution is 2.42. The molecule has 0 aliphatic heterocycles. The number of thiol groups is 1. The van der Waals surface area contributed by atoms with Gasteiger partial charge in [0.15, 0.2) is 0 Å². The number of nitrogens with one attached hydrogen (secondary N) is 1. The molecule has 1 N–H and O–H groups in total. The summed E-state index contributed by atoms with van der Waals surface area (Å²) < 4.78 is 50.1. The number of hydrogen-bond donors (Lipinski definition) is 2. The van der Waals surface area contributed by atoms with Gasteiger partial charge in [-0.3, -0.25) is 9.59 Å². The molecule has 1 unspecified atom stereocenters. The van der Waals surface area contributed by atoms with Gasteiger partial charge in [0.2, 0.25) is 5.91 Å². The lowest BCUT2D eigenvalue weighted by atomic mass is 9.95. The van der Waals surface area contributed by atoms with E-state index in [1.165, 1.54) is 30.3 Å². The summed E-state index contributed by atoms with van der Waals surface area (Å²) in [6.45, 7) is 7.09. The third-order valence-corrected chi connectivity index (χ3v) is 5.37. The number of esters is 1. The van der Waals surface area contributed by atoms with Gasteiger partial charge in [-0.1, -0.05) is 38.4 Å². The number of rotatable bonds is 8. The number of hydrogen-bond acceptors (Lipinski definition) is 5. The van der Waals surface area contributed by atoms with Crippen LogP contribution >= 0.6 is 24.2 Å². The molecule has 2 aromatic rings. The molecular formula is C24H27ClF3NO4S. The second-order valence-electron chi connectivity index (χ2n) is 8.64. The molecule has 0 aliphatic carbocycles. The number of carbonyl (C=O) groups excluding carboxylic acids is 2. The Morgan fingerprint density at radius 1 is 1.09 bits per heavy atom. The molecule has 0 heterocycles. The Morgan fingerprint density at radius 3 is 2.35 bits per heavy atom. The van der Waals surface area contributed by atoms with Crippen LogP contribution in [0.5, 0.6) is 11.5 Å². The van der Waals surface area contributed by atoms with Crippen LogP contribution in [0, 0.1) is 5.41 Å². The van der Waals surface area contributed by atoms with E-state index in [1.807, 2.05) is 0 Å². The number of alkyl halides is 3. The van der Waals surface area contributed by atoms with E-state index in [0.717, 1.165) is 0 Å². The molecule has 2 aromatic carbocycles. The van der Waals surface area contributed by atoms with Crippen molar-refractivity contribution in [1.82, 2.24) is 0 Å². The number of halogens is 4. The van der Waals surface area contributed by atoms with E-state index in [2.05, 4.69) is 17.9 Å². The Bertz CT molecular complexity index is 1040. The van der Waals surface area contributed by atoms with Gasteiger partial charge in [0, 0.05) is 21.9 Å².